The van der Waals surface area contributed by atoms with E-state index in [1.165, 1.54) is 0 Å². The maximum absolute atomic E-state index is 5.48. The van der Waals surface area contributed by atoms with Crippen molar-refractivity contribution >= 4 is 5.52 Å². The number of rotatable bonds is 3. The number of nitrogens with one attached hydrogen (secondary N) is 1. The first-order chi connectivity index (χ1) is 10.9. The number of imidazole rings is 1. The van der Waals surface area contributed by atoms with Crippen LogP contribution in [-0.4, -0.2) is 26.7 Å². The van der Waals surface area contributed by atoms with Crippen LogP contribution in [0.4, 0.5) is 0 Å². The van der Waals surface area contributed by atoms with Gasteiger partial charge in [-0.3, -0.25) is 5.10 Å². The molecule has 3 heterocycles. The van der Waals surface area contributed by atoms with Crippen LogP contribution in [0.3, 0.4) is 0 Å². The van der Waals surface area contributed by atoms with E-state index >= 15 is 0 Å². The van der Waals surface area contributed by atoms with Crippen molar-refractivity contribution in [3.05, 3.63) is 61.4 Å². The monoisotopic (exact) mass is 290 g/mol. The first-order valence-corrected chi connectivity index (χ1v) is 6.95. The van der Waals surface area contributed by atoms with Crippen molar-refractivity contribution in [1.82, 2.24) is 19.6 Å². The van der Waals surface area contributed by atoms with Gasteiger partial charge in [-0.15, -0.1) is 0 Å². The van der Waals surface area contributed by atoms with Crippen molar-refractivity contribution in [3.63, 3.8) is 0 Å². The van der Waals surface area contributed by atoms with Crippen LogP contribution in [0.5, 0.6) is 5.75 Å². The Morgan fingerprint density at radius 3 is 2.82 bits per heavy atom. The summed E-state index contributed by atoms with van der Waals surface area (Å²) in [5.74, 6) is 0.847. The molecule has 0 radical (unpaired) electrons. The highest BCUT2D eigenvalue weighted by atomic mass is 16.5. The molecule has 0 unspecified atom stereocenters. The number of nitrogens with zero attached hydrogens (tertiary/aromatic N) is 3. The van der Waals surface area contributed by atoms with E-state index in [0.717, 1.165) is 33.5 Å². The smallest absolute Gasteiger partial charge is 0.126 e. The number of hydrogen-bond donors (Lipinski definition) is 1. The van der Waals surface area contributed by atoms with Crippen LogP contribution < -0.4 is 4.74 Å². The molecule has 0 aliphatic carbocycles. The summed E-state index contributed by atoms with van der Waals surface area (Å²) in [5.41, 5.74) is 5.27. The van der Waals surface area contributed by atoms with Crippen molar-refractivity contribution in [2.24, 2.45) is 0 Å². The zero-order valence-corrected chi connectivity index (χ0v) is 12.0. The minimum absolute atomic E-state index is 0.847. The number of para-hydroxylation sites is 1. The number of aromatic amines is 1. The molecule has 5 nitrogen and oxygen atoms in total. The Balaban J connectivity index is 2.00. The summed E-state index contributed by atoms with van der Waals surface area (Å²) in [6.45, 7) is 0. The summed E-state index contributed by atoms with van der Waals surface area (Å²) >= 11 is 0. The van der Waals surface area contributed by atoms with Crippen LogP contribution in [0.15, 0.2) is 61.4 Å². The predicted molar refractivity (Wildman–Crippen MR) is 84.8 cm³/mol. The van der Waals surface area contributed by atoms with Gasteiger partial charge in [0.15, 0.2) is 0 Å². The third-order valence-corrected chi connectivity index (χ3v) is 3.75. The lowest BCUT2D eigenvalue weighted by atomic mass is 10.0. The zero-order chi connectivity index (χ0) is 14.9. The van der Waals surface area contributed by atoms with Crippen LogP contribution >= 0.6 is 0 Å². The number of methoxy groups -OCH3 is 1. The molecule has 0 amide bonds. The SMILES string of the molecule is COc1ccccc1-c1cc(-c2cn[nH]c2)c2cncn2c1. The molecule has 108 valence electrons. The number of fused-ring (bicyclic) bond motifs is 1. The lowest BCUT2D eigenvalue weighted by Gasteiger charge is -2.11. The Bertz CT molecular complexity index is 925. The number of aromatic nitrogens is 4. The van der Waals surface area contributed by atoms with E-state index in [1.54, 1.807) is 13.4 Å². The fourth-order valence-corrected chi connectivity index (χ4v) is 2.69. The lowest BCUT2D eigenvalue weighted by molar-refractivity contribution is 0.416. The van der Waals surface area contributed by atoms with E-state index in [0.29, 0.717) is 0 Å². The van der Waals surface area contributed by atoms with Crippen LogP contribution in [0.1, 0.15) is 0 Å². The highest BCUT2D eigenvalue weighted by molar-refractivity contribution is 5.84. The second-order valence-corrected chi connectivity index (χ2v) is 5.02. The van der Waals surface area contributed by atoms with Gasteiger partial charge in [0, 0.05) is 34.6 Å². The van der Waals surface area contributed by atoms with E-state index in [4.69, 9.17) is 4.74 Å². The van der Waals surface area contributed by atoms with Gasteiger partial charge >= 0.3 is 0 Å². The van der Waals surface area contributed by atoms with E-state index in [2.05, 4.69) is 33.5 Å². The summed E-state index contributed by atoms with van der Waals surface area (Å²) in [5, 5.41) is 6.91. The molecule has 3 aromatic heterocycles. The van der Waals surface area contributed by atoms with E-state index in [-0.39, 0.29) is 0 Å². The van der Waals surface area contributed by atoms with Gasteiger partial charge in [-0.1, -0.05) is 18.2 Å². The first kappa shape index (κ1) is 12.6. The van der Waals surface area contributed by atoms with Gasteiger partial charge in [0.05, 0.1) is 31.3 Å². The summed E-state index contributed by atoms with van der Waals surface area (Å²) < 4.78 is 7.50. The lowest BCUT2D eigenvalue weighted by Crippen LogP contribution is -1.92. The van der Waals surface area contributed by atoms with Gasteiger partial charge in [0.1, 0.15) is 5.75 Å². The topological polar surface area (TPSA) is 55.2 Å². The maximum atomic E-state index is 5.48. The number of hydrogen-bond acceptors (Lipinski definition) is 3. The van der Waals surface area contributed by atoms with E-state index in [1.807, 2.05) is 41.2 Å². The number of benzene rings is 1. The Labute approximate surface area is 127 Å². The molecule has 4 aromatic rings. The minimum Gasteiger partial charge on any atom is -0.496 e. The average molecular weight is 290 g/mol. The normalized spacial score (nSPS) is 11.0. The molecular formula is C17H14N4O. The van der Waals surface area contributed by atoms with Gasteiger partial charge in [0.25, 0.3) is 0 Å². The minimum atomic E-state index is 0.847. The van der Waals surface area contributed by atoms with Gasteiger partial charge in [-0.2, -0.15) is 5.10 Å². The molecule has 22 heavy (non-hydrogen) atoms. The number of pyridine rings is 1. The Morgan fingerprint density at radius 1 is 1.09 bits per heavy atom. The number of ether oxygens (including phenoxy) is 1. The summed E-state index contributed by atoms with van der Waals surface area (Å²) in [6.07, 6.45) is 9.42. The molecule has 1 N–H and O–H groups in total. The Hall–Kier alpha value is -3.08. The molecule has 0 bridgehead atoms. The van der Waals surface area contributed by atoms with Crippen LogP contribution in [0.25, 0.3) is 27.8 Å². The molecule has 1 aromatic carbocycles. The summed E-state index contributed by atoms with van der Waals surface area (Å²) in [4.78, 5) is 4.25. The summed E-state index contributed by atoms with van der Waals surface area (Å²) in [7, 11) is 1.69. The summed E-state index contributed by atoms with van der Waals surface area (Å²) in [6, 6.07) is 10.1. The standard InChI is InChI=1S/C17H14N4O/c1-22-17-5-3-2-4-14(17)12-6-15(13-7-19-20-8-13)16-9-18-11-21(16)10-12/h2-11H,1H3,(H,19,20). The van der Waals surface area contributed by atoms with E-state index < -0.39 is 0 Å². The van der Waals surface area contributed by atoms with Gasteiger partial charge in [-0.05, 0) is 12.1 Å². The zero-order valence-electron chi connectivity index (χ0n) is 12.0. The maximum Gasteiger partial charge on any atom is 0.126 e. The van der Waals surface area contributed by atoms with Gasteiger partial charge < -0.3 is 9.14 Å². The van der Waals surface area contributed by atoms with Crippen molar-refractivity contribution in [1.29, 1.82) is 0 Å². The van der Waals surface area contributed by atoms with Crippen LogP contribution in [0.2, 0.25) is 0 Å². The van der Waals surface area contributed by atoms with Crippen molar-refractivity contribution in [2.75, 3.05) is 7.11 Å². The van der Waals surface area contributed by atoms with Gasteiger partial charge in [-0.25, -0.2) is 4.98 Å². The molecular weight excluding hydrogens is 276 g/mol. The van der Waals surface area contributed by atoms with Crippen LogP contribution in [0, 0.1) is 0 Å². The molecule has 0 atom stereocenters. The molecule has 0 aliphatic rings. The Kier molecular flexibility index (Phi) is 2.89. The highest BCUT2D eigenvalue weighted by Gasteiger charge is 2.11. The van der Waals surface area contributed by atoms with Crippen molar-refractivity contribution in [3.8, 4) is 28.0 Å². The molecule has 0 aliphatic heterocycles. The fourth-order valence-electron chi connectivity index (χ4n) is 2.69. The largest absolute Gasteiger partial charge is 0.496 e. The quantitative estimate of drug-likeness (QED) is 0.629. The van der Waals surface area contributed by atoms with Crippen molar-refractivity contribution < 1.29 is 4.74 Å². The molecule has 4 rings (SSSR count). The molecule has 5 heteroatoms. The molecule has 0 saturated carbocycles. The Morgan fingerprint density at radius 2 is 2.00 bits per heavy atom. The third kappa shape index (κ3) is 1.95. The predicted octanol–water partition coefficient (Wildman–Crippen LogP) is 3.40. The van der Waals surface area contributed by atoms with E-state index in [9.17, 15) is 0 Å². The van der Waals surface area contributed by atoms with Crippen LogP contribution in [-0.2, 0) is 0 Å². The molecule has 0 spiro atoms. The highest BCUT2D eigenvalue weighted by Crippen LogP contribution is 2.34. The van der Waals surface area contributed by atoms with Gasteiger partial charge in [0.2, 0.25) is 0 Å². The third-order valence-electron chi connectivity index (χ3n) is 3.75. The fraction of sp³-hybridized carbons (Fsp3) is 0.0588. The second kappa shape index (κ2) is 5.04. The average Bonchev–Trinajstić information content (AvgIpc) is 3.25. The first-order valence-electron chi connectivity index (χ1n) is 6.95. The number of H-pyrrole nitrogens is 1. The molecule has 0 fully saturated rings. The molecule has 0 saturated heterocycles. The second-order valence-electron chi connectivity index (χ2n) is 5.02. The van der Waals surface area contributed by atoms with Crippen molar-refractivity contribution in [2.45, 2.75) is 0 Å².